The van der Waals surface area contributed by atoms with Crippen LogP contribution in [-0.2, 0) is 4.79 Å². The Morgan fingerprint density at radius 1 is 1.07 bits per heavy atom. The molecule has 1 fully saturated rings. The third kappa shape index (κ3) is 4.22. The number of nitrogens with zero attached hydrogens (tertiary/aromatic N) is 2. The zero-order valence-corrected chi connectivity index (χ0v) is 16.3. The lowest BCUT2D eigenvalue weighted by Crippen LogP contribution is -2.49. The fourth-order valence-electron chi connectivity index (χ4n) is 3.52. The van der Waals surface area contributed by atoms with E-state index >= 15 is 0 Å². The Morgan fingerprint density at radius 2 is 1.85 bits per heavy atom. The number of benzene rings is 2. The van der Waals surface area contributed by atoms with Crippen LogP contribution < -0.4 is 9.47 Å². The molecule has 0 spiro atoms. The minimum absolute atomic E-state index is 0.110. The number of fused-ring (bicyclic) bond motifs is 1. The summed E-state index contributed by atoms with van der Waals surface area (Å²) in [5, 5.41) is 0. The Labute approximate surface area is 164 Å². The van der Waals surface area contributed by atoms with Gasteiger partial charge in [0.2, 0.25) is 5.91 Å². The van der Waals surface area contributed by atoms with Gasteiger partial charge in [-0.1, -0.05) is 30.3 Å². The van der Waals surface area contributed by atoms with Gasteiger partial charge in [-0.25, -0.2) is 0 Å². The number of amides is 1. The average molecular weight is 385 g/mol. The Bertz CT molecular complexity index is 799. The van der Waals surface area contributed by atoms with Crippen molar-refractivity contribution in [1.82, 2.24) is 9.80 Å². The number of ether oxygens (including phenoxy) is 2. The van der Waals surface area contributed by atoms with Gasteiger partial charge in [-0.15, -0.1) is 11.8 Å². The smallest absolute Gasteiger partial charge is 0.233 e. The topological polar surface area (TPSA) is 42.0 Å². The van der Waals surface area contributed by atoms with Crippen molar-refractivity contribution in [3.8, 4) is 11.5 Å². The van der Waals surface area contributed by atoms with Crippen molar-refractivity contribution in [3.63, 3.8) is 0 Å². The van der Waals surface area contributed by atoms with Crippen LogP contribution in [0.2, 0.25) is 0 Å². The summed E-state index contributed by atoms with van der Waals surface area (Å²) < 4.78 is 11.2. The number of thioether (sulfide) groups is 1. The molecule has 1 amide bonds. The van der Waals surface area contributed by atoms with E-state index in [0.717, 1.165) is 36.0 Å². The highest BCUT2D eigenvalue weighted by Gasteiger charge is 2.30. The van der Waals surface area contributed by atoms with Crippen molar-refractivity contribution in [1.29, 1.82) is 0 Å². The molecule has 1 unspecified atom stereocenters. The molecule has 0 saturated carbocycles. The summed E-state index contributed by atoms with van der Waals surface area (Å²) in [5.41, 5.74) is 1.20. The van der Waals surface area contributed by atoms with Gasteiger partial charge in [-0.3, -0.25) is 4.79 Å². The summed E-state index contributed by atoms with van der Waals surface area (Å²) in [7, 11) is 2.11. The van der Waals surface area contributed by atoms with Crippen LogP contribution in [0.25, 0.3) is 0 Å². The second-order valence-corrected chi connectivity index (χ2v) is 7.92. The molecule has 0 aromatic heterocycles. The summed E-state index contributed by atoms with van der Waals surface area (Å²) in [6.45, 7) is 3.69. The normalized spacial score (nSPS) is 19.7. The highest BCUT2D eigenvalue weighted by Crippen LogP contribution is 2.34. The Morgan fingerprint density at radius 3 is 2.67 bits per heavy atom. The van der Waals surface area contributed by atoms with E-state index in [2.05, 4.69) is 24.1 Å². The molecule has 2 aromatic carbocycles. The molecule has 2 aliphatic rings. The largest absolute Gasteiger partial charge is 0.486 e. The van der Waals surface area contributed by atoms with E-state index in [4.69, 9.17) is 9.47 Å². The van der Waals surface area contributed by atoms with E-state index in [9.17, 15) is 4.79 Å². The van der Waals surface area contributed by atoms with Crippen molar-refractivity contribution in [2.75, 3.05) is 45.6 Å². The van der Waals surface area contributed by atoms with Gasteiger partial charge in [-0.05, 0) is 30.8 Å². The molecule has 27 heavy (non-hydrogen) atoms. The molecule has 4 rings (SSSR count). The fourth-order valence-corrected chi connectivity index (χ4v) is 4.33. The maximum Gasteiger partial charge on any atom is 0.233 e. The lowest BCUT2D eigenvalue weighted by Gasteiger charge is -2.40. The van der Waals surface area contributed by atoms with Crippen molar-refractivity contribution in [3.05, 3.63) is 54.1 Å². The third-order valence-corrected chi connectivity index (χ3v) is 5.94. The molecule has 6 heteroatoms. The van der Waals surface area contributed by atoms with E-state index in [-0.39, 0.29) is 11.9 Å². The summed E-state index contributed by atoms with van der Waals surface area (Å²) in [5.74, 6) is 2.14. The Kier molecular flexibility index (Phi) is 5.55. The second-order valence-electron chi connectivity index (χ2n) is 6.87. The summed E-state index contributed by atoms with van der Waals surface area (Å²) in [4.78, 5) is 18.3. The fraction of sp³-hybridized carbons (Fsp3) is 0.381. The van der Waals surface area contributed by atoms with E-state index in [0.29, 0.717) is 19.0 Å². The lowest BCUT2D eigenvalue weighted by atomic mass is 10.0. The molecular weight excluding hydrogens is 360 g/mol. The Balaban J connectivity index is 1.43. The molecule has 0 bridgehead atoms. The average Bonchev–Trinajstić information content (AvgIpc) is 2.72. The van der Waals surface area contributed by atoms with Crippen LogP contribution in [0.1, 0.15) is 11.6 Å². The first-order valence-electron chi connectivity index (χ1n) is 9.26. The zero-order valence-electron chi connectivity index (χ0n) is 15.5. The van der Waals surface area contributed by atoms with E-state index in [1.807, 2.05) is 41.3 Å². The quantitative estimate of drug-likeness (QED) is 0.758. The number of likely N-dealkylation sites (N-methyl/N-ethyl adjacent to an activating group) is 1. The van der Waals surface area contributed by atoms with Crippen molar-refractivity contribution < 1.29 is 14.3 Å². The monoisotopic (exact) mass is 384 g/mol. The van der Waals surface area contributed by atoms with Crippen LogP contribution in [0.4, 0.5) is 0 Å². The van der Waals surface area contributed by atoms with Gasteiger partial charge in [0.05, 0.1) is 11.8 Å². The molecule has 5 nitrogen and oxygen atoms in total. The number of piperazine rings is 1. The van der Waals surface area contributed by atoms with Gasteiger partial charge < -0.3 is 19.3 Å². The molecule has 0 aliphatic carbocycles. The first-order valence-corrected chi connectivity index (χ1v) is 10.2. The molecule has 0 radical (unpaired) electrons. The number of hydrogen-bond acceptors (Lipinski definition) is 5. The van der Waals surface area contributed by atoms with Crippen molar-refractivity contribution in [2.45, 2.75) is 10.9 Å². The lowest BCUT2D eigenvalue weighted by molar-refractivity contribution is -0.133. The number of hydrogen-bond donors (Lipinski definition) is 0. The van der Waals surface area contributed by atoms with Crippen molar-refractivity contribution >= 4 is 17.7 Å². The van der Waals surface area contributed by atoms with Gasteiger partial charge in [0.25, 0.3) is 0 Å². The second kappa shape index (κ2) is 8.23. The highest BCUT2D eigenvalue weighted by molar-refractivity contribution is 8.00. The molecule has 2 heterocycles. The predicted octanol–water partition coefficient (Wildman–Crippen LogP) is 3.07. The number of carbonyl (C=O) groups excluding carboxylic acids is 1. The molecule has 1 atom stereocenters. The van der Waals surface area contributed by atoms with Gasteiger partial charge in [0.15, 0.2) is 11.5 Å². The molecule has 1 saturated heterocycles. The van der Waals surface area contributed by atoms with E-state index in [1.165, 1.54) is 5.56 Å². The van der Waals surface area contributed by atoms with Gasteiger partial charge in [-0.2, -0.15) is 0 Å². The first-order chi connectivity index (χ1) is 13.2. The summed E-state index contributed by atoms with van der Waals surface area (Å²) in [6, 6.07) is 16.3. The molecule has 0 N–H and O–H groups in total. The summed E-state index contributed by atoms with van der Waals surface area (Å²) >= 11 is 1.55. The number of carbonyl (C=O) groups is 1. The van der Waals surface area contributed by atoms with Crippen molar-refractivity contribution in [2.24, 2.45) is 0 Å². The van der Waals surface area contributed by atoms with Gasteiger partial charge in [0.1, 0.15) is 13.2 Å². The van der Waals surface area contributed by atoms with E-state index < -0.39 is 0 Å². The van der Waals surface area contributed by atoms with Crippen LogP contribution in [0.15, 0.2) is 53.4 Å². The standard InChI is InChI=1S/C21H24N2O3S/c1-22-9-10-23(18(14-22)16-5-3-2-4-6-16)21(24)15-27-17-7-8-19-20(13-17)26-12-11-25-19/h2-8,13,18H,9-12,14-15H2,1H3. The Hall–Kier alpha value is -2.18. The first kappa shape index (κ1) is 18.2. The van der Waals surface area contributed by atoms with Crippen LogP contribution in [0.3, 0.4) is 0 Å². The van der Waals surface area contributed by atoms with Crippen LogP contribution in [-0.4, -0.2) is 61.4 Å². The van der Waals surface area contributed by atoms with Gasteiger partial charge in [0, 0.05) is 24.5 Å². The van der Waals surface area contributed by atoms with Crippen LogP contribution in [0.5, 0.6) is 11.5 Å². The van der Waals surface area contributed by atoms with Crippen LogP contribution >= 0.6 is 11.8 Å². The molecule has 2 aromatic rings. The predicted molar refractivity (Wildman–Crippen MR) is 107 cm³/mol. The van der Waals surface area contributed by atoms with Crippen LogP contribution in [0, 0.1) is 0 Å². The van der Waals surface area contributed by atoms with E-state index in [1.54, 1.807) is 11.8 Å². The minimum atomic E-state index is 0.110. The zero-order chi connectivity index (χ0) is 18.6. The summed E-state index contributed by atoms with van der Waals surface area (Å²) in [6.07, 6.45) is 0. The molecule has 142 valence electrons. The van der Waals surface area contributed by atoms with Gasteiger partial charge >= 0.3 is 0 Å². The molecular formula is C21H24N2O3S. The minimum Gasteiger partial charge on any atom is -0.486 e. The third-order valence-electron chi connectivity index (χ3n) is 4.96. The number of rotatable bonds is 4. The highest BCUT2D eigenvalue weighted by atomic mass is 32.2. The maximum absolute atomic E-state index is 13.0. The molecule has 2 aliphatic heterocycles. The maximum atomic E-state index is 13.0. The SMILES string of the molecule is CN1CCN(C(=O)CSc2ccc3c(c2)OCCO3)C(c2ccccc2)C1.